The number of thiazole rings is 1. The van der Waals surface area contributed by atoms with Crippen molar-refractivity contribution in [2.75, 3.05) is 11.9 Å². The average Bonchev–Trinajstić information content (AvgIpc) is 3.24. The number of amides is 1. The van der Waals surface area contributed by atoms with E-state index in [1.165, 1.54) is 23.5 Å². The van der Waals surface area contributed by atoms with Crippen LogP contribution in [0.25, 0.3) is 11.3 Å². The zero-order valence-electron chi connectivity index (χ0n) is 18.5. The summed E-state index contributed by atoms with van der Waals surface area (Å²) in [6.45, 7) is 6.55. The van der Waals surface area contributed by atoms with Crippen molar-refractivity contribution in [3.63, 3.8) is 0 Å². The lowest BCUT2D eigenvalue weighted by atomic mass is 10.0. The van der Waals surface area contributed by atoms with Crippen LogP contribution in [-0.2, 0) is 10.0 Å². The molecule has 1 aromatic heterocycles. The van der Waals surface area contributed by atoms with Crippen LogP contribution in [0.4, 0.5) is 5.13 Å². The molecule has 1 N–H and O–H groups in total. The Bertz CT molecular complexity index is 1230. The number of carbonyl (C=O) groups is 1. The summed E-state index contributed by atoms with van der Waals surface area (Å²) in [7, 11) is -3.56. The number of hydrogen-bond donors (Lipinski definition) is 1. The lowest BCUT2D eigenvalue weighted by Crippen LogP contribution is -2.41. The van der Waals surface area contributed by atoms with Gasteiger partial charge < -0.3 is 0 Å². The van der Waals surface area contributed by atoms with Gasteiger partial charge in [-0.1, -0.05) is 24.1 Å². The Morgan fingerprint density at radius 2 is 1.88 bits per heavy atom. The van der Waals surface area contributed by atoms with Gasteiger partial charge in [0.1, 0.15) is 0 Å². The van der Waals surface area contributed by atoms with Crippen molar-refractivity contribution in [3.8, 4) is 11.3 Å². The van der Waals surface area contributed by atoms with Crippen molar-refractivity contribution < 1.29 is 13.2 Å². The van der Waals surface area contributed by atoms with Gasteiger partial charge in [-0.3, -0.25) is 10.1 Å². The molecule has 1 saturated heterocycles. The van der Waals surface area contributed by atoms with E-state index < -0.39 is 10.0 Å². The molecule has 6 nitrogen and oxygen atoms in total. The van der Waals surface area contributed by atoms with E-state index >= 15 is 0 Å². The van der Waals surface area contributed by atoms with Gasteiger partial charge in [0.25, 0.3) is 5.91 Å². The zero-order valence-corrected chi connectivity index (χ0v) is 20.1. The van der Waals surface area contributed by atoms with Crippen LogP contribution in [-0.4, -0.2) is 36.2 Å². The number of benzene rings is 2. The second kappa shape index (κ2) is 9.13. The number of aryl methyl sites for hydroxylation is 2. The third-order valence-electron chi connectivity index (χ3n) is 5.86. The lowest BCUT2D eigenvalue weighted by molar-refractivity contribution is 0.102. The number of nitrogens with one attached hydrogen (secondary N) is 1. The van der Waals surface area contributed by atoms with E-state index in [1.807, 2.05) is 26.2 Å². The summed E-state index contributed by atoms with van der Waals surface area (Å²) in [5.74, 6) is -0.317. The monoisotopic (exact) mass is 469 g/mol. The van der Waals surface area contributed by atoms with Crippen LogP contribution in [0.5, 0.6) is 0 Å². The van der Waals surface area contributed by atoms with Crippen molar-refractivity contribution >= 4 is 32.4 Å². The second-order valence-electron chi connectivity index (χ2n) is 8.30. The molecule has 4 rings (SSSR count). The minimum absolute atomic E-state index is 0.00661. The van der Waals surface area contributed by atoms with E-state index in [-0.39, 0.29) is 16.8 Å². The predicted molar refractivity (Wildman–Crippen MR) is 129 cm³/mol. The number of nitrogens with zero attached hydrogens (tertiary/aromatic N) is 2. The normalized spacial score (nSPS) is 17.3. The van der Waals surface area contributed by atoms with E-state index in [4.69, 9.17) is 0 Å². The van der Waals surface area contributed by atoms with Crippen LogP contribution in [0, 0.1) is 13.8 Å². The number of aromatic nitrogens is 1. The fourth-order valence-electron chi connectivity index (χ4n) is 3.98. The third kappa shape index (κ3) is 4.62. The molecule has 1 unspecified atom stereocenters. The van der Waals surface area contributed by atoms with Gasteiger partial charge in [-0.15, -0.1) is 11.3 Å². The van der Waals surface area contributed by atoms with Crippen LogP contribution < -0.4 is 5.32 Å². The number of hydrogen-bond acceptors (Lipinski definition) is 5. The molecule has 8 heteroatoms. The third-order valence-corrected chi connectivity index (χ3v) is 8.64. The van der Waals surface area contributed by atoms with Gasteiger partial charge in [-0.05, 0) is 69.5 Å². The van der Waals surface area contributed by atoms with Crippen LogP contribution in [0.15, 0.2) is 52.7 Å². The molecule has 0 radical (unpaired) electrons. The van der Waals surface area contributed by atoms with E-state index in [2.05, 4.69) is 28.5 Å². The molecule has 2 aromatic carbocycles. The largest absolute Gasteiger partial charge is 0.298 e. The summed E-state index contributed by atoms with van der Waals surface area (Å²) >= 11 is 1.36. The predicted octanol–water partition coefficient (Wildman–Crippen LogP) is 5.24. The van der Waals surface area contributed by atoms with Crippen molar-refractivity contribution in [2.45, 2.75) is 51.0 Å². The molecule has 0 spiro atoms. The maximum absolute atomic E-state index is 13.0. The highest BCUT2D eigenvalue weighted by molar-refractivity contribution is 7.89. The molecule has 2 heterocycles. The molecular formula is C24H27N3O3S2. The molecular weight excluding hydrogens is 442 g/mol. The first-order valence-corrected chi connectivity index (χ1v) is 13.0. The Hall–Kier alpha value is -2.55. The fraction of sp³-hybridized carbons (Fsp3) is 0.333. The minimum atomic E-state index is -3.56. The summed E-state index contributed by atoms with van der Waals surface area (Å²) < 4.78 is 27.5. The van der Waals surface area contributed by atoms with Gasteiger partial charge in [0.2, 0.25) is 10.0 Å². The first kappa shape index (κ1) is 22.6. The fourth-order valence-corrected chi connectivity index (χ4v) is 6.38. The van der Waals surface area contributed by atoms with Gasteiger partial charge >= 0.3 is 0 Å². The van der Waals surface area contributed by atoms with E-state index in [9.17, 15) is 13.2 Å². The summed E-state index contributed by atoms with van der Waals surface area (Å²) in [5, 5.41) is 5.25. The number of anilines is 1. The van der Waals surface area contributed by atoms with Crippen LogP contribution >= 0.6 is 11.3 Å². The topological polar surface area (TPSA) is 79.4 Å². The van der Waals surface area contributed by atoms with Gasteiger partial charge in [-0.2, -0.15) is 4.31 Å². The van der Waals surface area contributed by atoms with Gasteiger partial charge in [0.05, 0.1) is 10.6 Å². The van der Waals surface area contributed by atoms with Gasteiger partial charge in [-0.25, -0.2) is 13.4 Å². The quantitative estimate of drug-likeness (QED) is 0.554. The molecule has 1 fully saturated rings. The number of carbonyl (C=O) groups excluding carboxylic acids is 1. The first-order valence-electron chi connectivity index (χ1n) is 10.7. The SMILES string of the molecule is Cc1ccc(C)c(-c2csc(NC(=O)c3ccc(S(=O)(=O)N4CCCCC4C)cc3)n2)c1. The Balaban J connectivity index is 1.48. The van der Waals surface area contributed by atoms with Gasteiger partial charge in [0.15, 0.2) is 5.13 Å². The number of rotatable bonds is 5. The van der Waals surface area contributed by atoms with E-state index in [0.717, 1.165) is 41.6 Å². The molecule has 0 saturated carbocycles. The van der Waals surface area contributed by atoms with E-state index in [1.54, 1.807) is 16.4 Å². The van der Waals surface area contributed by atoms with Crippen molar-refractivity contribution in [3.05, 3.63) is 64.5 Å². The molecule has 1 amide bonds. The Labute approximate surface area is 193 Å². The molecule has 168 valence electrons. The molecule has 3 aromatic rings. The summed E-state index contributed by atoms with van der Waals surface area (Å²) in [6, 6.07) is 12.3. The smallest absolute Gasteiger partial charge is 0.257 e. The molecule has 0 bridgehead atoms. The molecule has 1 aliphatic rings. The lowest BCUT2D eigenvalue weighted by Gasteiger charge is -2.32. The van der Waals surface area contributed by atoms with Crippen LogP contribution in [0.3, 0.4) is 0 Å². The molecule has 0 aliphatic carbocycles. The van der Waals surface area contributed by atoms with Crippen LogP contribution in [0.2, 0.25) is 0 Å². The maximum Gasteiger partial charge on any atom is 0.257 e. The standard InChI is InChI=1S/C24H27N3O3S2/c1-16-7-8-17(2)21(14-16)22-15-31-24(25-22)26-23(28)19-9-11-20(12-10-19)32(29,30)27-13-5-4-6-18(27)3/h7-12,14-15,18H,4-6,13H2,1-3H3,(H,25,26,28). The van der Waals surface area contributed by atoms with Gasteiger partial charge in [0, 0.05) is 29.1 Å². The second-order valence-corrected chi connectivity index (χ2v) is 11.0. The minimum Gasteiger partial charge on any atom is -0.298 e. The average molecular weight is 470 g/mol. The molecule has 1 aliphatic heterocycles. The summed E-state index contributed by atoms with van der Waals surface area (Å²) in [6.07, 6.45) is 2.80. The van der Waals surface area contributed by atoms with E-state index in [0.29, 0.717) is 17.2 Å². The first-order chi connectivity index (χ1) is 15.3. The highest BCUT2D eigenvalue weighted by Crippen LogP contribution is 2.29. The van der Waals surface area contributed by atoms with Crippen molar-refractivity contribution in [1.29, 1.82) is 0 Å². The maximum atomic E-state index is 13.0. The molecule has 1 atom stereocenters. The van der Waals surface area contributed by atoms with Crippen molar-refractivity contribution in [2.24, 2.45) is 0 Å². The summed E-state index contributed by atoms with van der Waals surface area (Å²) in [4.78, 5) is 17.5. The van der Waals surface area contributed by atoms with Crippen molar-refractivity contribution in [1.82, 2.24) is 9.29 Å². The molecule has 32 heavy (non-hydrogen) atoms. The zero-order chi connectivity index (χ0) is 22.9. The highest BCUT2D eigenvalue weighted by atomic mass is 32.2. The highest BCUT2D eigenvalue weighted by Gasteiger charge is 2.30. The Kier molecular flexibility index (Phi) is 6.46. The number of piperidine rings is 1. The van der Waals surface area contributed by atoms with Crippen LogP contribution in [0.1, 0.15) is 47.7 Å². The Morgan fingerprint density at radius 1 is 1.12 bits per heavy atom. The number of sulfonamides is 1. The Morgan fingerprint density at radius 3 is 2.59 bits per heavy atom. The summed E-state index contributed by atoms with van der Waals surface area (Å²) in [5.41, 5.74) is 4.53.